The molecule has 2 aromatic rings. The summed E-state index contributed by atoms with van der Waals surface area (Å²) in [7, 11) is 0. The van der Waals surface area contributed by atoms with Crippen LogP contribution in [0.25, 0.3) is 0 Å². The highest BCUT2D eigenvalue weighted by molar-refractivity contribution is 5.80. The van der Waals surface area contributed by atoms with Crippen molar-refractivity contribution >= 4 is 17.4 Å². The first-order valence-electron chi connectivity index (χ1n) is 10.8. The summed E-state index contributed by atoms with van der Waals surface area (Å²) in [4.78, 5) is 26.6. The third kappa shape index (κ3) is 5.92. The van der Waals surface area contributed by atoms with E-state index in [-0.39, 0.29) is 11.9 Å². The van der Waals surface area contributed by atoms with E-state index in [2.05, 4.69) is 39.6 Å². The summed E-state index contributed by atoms with van der Waals surface area (Å²) in [6.45, 7) is 4.35. The summed E-state index contributed by atoms with van der Waals surface area (Å²) in [6.07, 6.45) is 9.39. The molecular weight excluding hydrogens is 364 g/mol. The Labute approximate surface area is 173 Å². The number of carbonyl (C=O) groups is 2. The smallest absolute Gasteiger partial charge is 0.244 e. The number of nitrogens with one attached hydrogen (secondary N) is 1. The summed E-state index contributed by atoms with van der Waals surface area (Å²) >= 11 is 0. The maximum absolute atomic E-state index is 12.8. The SMILES string of the molecule is CCC(=O)CCCCC[C@@H](C(=O)NCCN1CCc2ccccc21)n1cccn1. The van der Waals surface area contributed by atoms with Crippen LogP contribution in [0.1, 0.15) is 57.1 Å². The third-order valence-electron chi connectivity index (χ3n) is 5.64. The highest BCUT2D eigenvalue weighted by atomic mass is 16.2. The minimum atomic E-state index is -0.294. The van der Waals surface area contributed by atoms with E-state index < -0.39 is 0 Å². The molecule has 156 valence electrons. The Hall–Kier alpha value is -2.63. The Morgan fingerprint density at radius 2 is 2.03 bits per heavy atom. The van der Waals surface area contributed by atoms with Crippen LogP contribution in [0.2, 0.25) is 0 Å². The molecule has 2 heterocycles. The molecule has 1 N–H and O–H groups in total. The molecule has 1 amide bonds. The van der Waals surface area contributed by atoms with Gasteiger partial charge in [-0.05, 0) is 37.0 Å². The number of nitrogens with zero attached hydrogens (tertiary/aromatic N) is 3. The van der Waals surface area contributed by atoms with Gasteiger partial charge >= 0.3 is 0 Å². The zero-order valence-corrected chi connectivity index (χ0v) is 17.3. The van der Waals surface area contributed by atoms with Crippen molar-refractivity contribution < 1.29 is 9.59 Å². The molecule has 1 aromatic carbocycles. The fourth-order valence-electron chi connectivity index (χ4n) is 3.93. The molecular formula is C23H32N4O2. The number of para-hydroxylation sites is 1. The van der Waals surface area contributed by atoms with E-state index in [0.29, 0.717) is 25.2 Å². The number of ketones is 1. The van der Waals surface area contributed by atoms with Crippen LogP contribution in [0.3, 0.4) is 0 Å². The van der Waals surface area contributed by atoms with Crippen LogP contribution in [0.5, 0.6) is 0 Å². The van der Waals surface area contributed by atoms with Crippen molar-refractivity contribution in [1.29, 1.82) is 0 Å². The lowest BCUT2D eigenvalue weighted by atomic mass is 10.0. The van der Waals surface area contributed by atoms with Crippen LogP contribution in [0, 0.1) is 0 Å². The maximum atomic E-state index is 12.8. The van der Waals surface area contributed by atoms with E-state index in [1.54, 1.807) is 10.9 Å². The van der Waals surface area contributed by atoms with Gasteiger partial charge in [0.25, 0.3) is 0 Å². The van der Waals surface area contributed by atoms with Crippen LogP contribution >= 0.6 is 0 Å². The average molecular weight is 397 g/mol. The molecule has 0 spiro atoms. The van der Waals surface area contributed by atoms with E-state index in [0.717, 1.165) is 45.2 Å². The fraction of sp³-hybridized carbons (Fsp3) is 0.522. The van der Waals surface area contributed by atoms with Crippen LogP contribution < -0.4 is 10.2 Å². The molecule has 0 saturated carbocycles. The van der Waals surface area contributed by atoms with Gasteiger partial charge in [0, 0.05) is 50.6 Å². The quantitative estimate of drug-likeness (QED) is 0.557. The summed E-state index contributed by atoms with van der Waals surface area (Å²) in [5.41, 5.74) is 2.67. The van der Waals surface area contributed by atoms with Crippen LogP contribution in [0.4, 0.5) is 5.69 Å². The second-order valence-electron chi connectivity index (χ2n) is 7.65. The monoisotopic (exact) mass is 396 g/mol. The van der Waals surface area contributed by atoms with Gasteiger partial charge < -0.3 is 10.2 Å². The van der Waals surface area contributed by atoms with Crippen LogP contribution in [-0.2, 0) is 16.0 Å². The number of Topliss-reactive ketones (excluding diaryl/α,β-unsaturated/α-hetero) is 1. The number of anilines is 1. The predicted molar refractivity (Wildman–Crippen MR) is 115 cm³/mol. The molecule has 0 radical (unpaired) electrons. The predicted octanol–water partition coefficient (Wildman–Crippen LogP) is 3.53. The lowest BCUT2D eigenvalue weighted by Crippen LogP contribution is -2.38. The Kier molecular flexibility index (Phi) is 7.85. The Morgan fingerprint density at radius 3 is 2.83 bits per heavy atom. The molecule has 0 unspecified atom stereocenters. The minimum absolute atomic E-state index is 0.0193. The first-order valence-corrected chi connectivity index (χ1v) is 10.8. The second-order valence-corrected chi connectivity index (χ2v) is 7.65. The van der Waals surface area contributed by atoms with Gasteiger partial charge in [-0.1, -0.05) is 38.0 Å². The fourth-order valence-corrected chi connectivity index (χ4v) is 3.93. The van der Waals surface area contributed by atoms with Gasteiger partial charge in [0.15, 0.2) is 0 Å². The Bertz CT molecular complexity index is 788. The van der Waals surface area contributed by atoms with Gasteiger partial charge in [0.05, 0.1) is 0 Å². The standard InChI is InChI=1S/C23H32N4O2/c1-2-20(28)10-4-3-5-12-22(27-16-8-14-25-27)23(29)24-15-18-26-17-13-19-9-6-7-11-21(19)26/h6-9,11,14,16,22H,2-5,10,12-13,15,17-18H2,1H3,(H,24,29)/t22-/m0/s1. The number of hydrogen-bond acceptors (Lipinski definition) is 4. The van der Waals surface area contributed by atoms with Crippen molar-refractivity contribution in [2.24, 2.45) is 0 Å². The third-order valence-corrected chi connectivity index (χ3v) is 5.64. The molecule has 0 aliphatic carbocycles. The maximum Gasteiger partial charge on any atom is 0.244 e. The largest absolute Gasteiger partial charge is 0.369 e. The minimum Gasteiger partial charge on any atom is -0.369 e. The van der Waals surface area contributed by atoms with Gasteiger partial charge in [-0.25, -0.2) is 0 Å². The summed E-state index contributed by atoms with van der Waals surface area (Å²) in [6, 6.07) is 10.0. The van der Waals surface area contributed by atoms with E-state index in [9.17, 15) is 9.59 Å². The Balaban J connectivity index is 1.45. The van der Waals surface area contributed by atoms with Crippen molar-refractivity contribution in [2.45, 2.75) is 57.9 Å². The number of amides is 1. The lowest BCUT2D eigenvalue weighted by Gasteiger charge is -2.21. The zero-order valence-electron chi connectivity index (χ0n) is 17.3. The van der Waals surface area contributed by atoms with Crippen molar-refractivity contribution in [3.63, 3.8) is 0 Å². The van der Waals surface area contributed by atoms with Crippen molar-refractivity contribution in [3.8, 4) is 0 Å². The van der Waals surface area contributed by atoms with E-state index in [4.69, 9.17) is 0 Å². The van der Waals surface area contributed by atoms with E-state index >= 15 is 0 Å². The number of fused-ring (bicyclic) bond motifs is 1. The highest BCUT2D eigenvalue weighted by Gasteiger charge is 2.22. The number of rotatable bonds is 12. The van der Waals surface area contributed by atoms with Crippen molar-refractivity contribution in [1.82, 2.24) is 15.1 Å². The molecule has 3 rings (SSSR count). The van der Waals surface area contributed by atoms with E-state index in [1.165, 1.54) is 11.3 Å². The normalized spacial score (nSPS) is 13.9. The first kappa shape index (κ1) is 21.1. The summed E-state index contributed by atoms with van der Waals surface area (Å²) in [5.74, 6) is 0.334. The highest BCUT2D eigenvalue weighted by Crippen LogP contribution is 2.26. The summed E-state index contributed by atoms with van der Waals surface area (Å²) in [5, 5.41) is 7.39. The second kappa shape index (κ2) is 10.8. The molecule has 0 fully saturated rings. The molecule has 29 heavy (non-hydrogen) atoms. The molecule has 6 nitrogen and oxygen atoms in total. The van der Waals surface area contributed by atoms with Crippen LogP contribution in [0.15, 0.2) is 42.7 Å². The van der Waals surface area contributed by atoms with Gasteiger partial charge in [0.2, 0.25) is 5.91 Å². The van der Waals surface area contributed by atoms with Gasteiger partial charge in [-0.3, -0.25) is 14.3 Å². The number of aromatic nitrogens is 2. The molecule has 1 aliphatic rings. The molecule has 1 aromatic heterocycles. The number of benzene rings is 1. The molecule has 0 saturated heterocycles. The zero-order chi connectivity index (χ0) is 20.5. The molecule has 1 aliphatic heterocycles. The van der Waals surface area contributed by atoms with E-state index in [1.807, 2.05) is 19.2 Å². The van der Waals surface area contributed by atoms with Crippen LogP contribution in [-0.4, -0.2) is 41.1 Å². The molecule has 1 atom stereocenters. The van der Waals surface area contributed by atoms with Crippen molar-refractivity contribution in [2.75, 3.05) is 24.5 Å². The van der Waals surface area contributed by atoms with Crippen molar-refractivity contribution in [3.05, 3.63) is 48.3 Å². The number of carbonyl (C=O) groups excluding carboxylic acids is 2. The average Bonchev–Trinajstić information content (AvgIpc) is 3.41. The Morgan fingerprint density at radius 1 is 1.17 bits per heavy atom. The number of unbranched alkanes of at least 4 members (excludes halogenated alkanes) is 2. The van der Waals surface area contributed by atoms with Gasteiger partial charge in [0.1, 0.15) is 11.8 Å². The molecule has 6 heteroatoms. The molecule has 0 bridgehead atoms. The summed E-state index contributed by atoms with van der Waals surface area (Å²) < 4.78 is 1.75. The first-order chi connectivity index (χ1) is 14.2. The number of hydrogen-bond donors (Lipinski definition) is 1. The topological polar surface area (TPSA) is 67.2 Å². The van der Waals surface area contributed by atoms with Gasteiger partial charge in [-0.15, -0.1) is 0 Å². The van der Waals surface area contributed by atoms with Gasteiger partial charge in [-0.2, -0.15) is 5.10 Å². The lowest BCUT2D eigenvalue weighted by molar-refractivity contribution is -0.125.